The fourth-order valence-corrected chi connectivity index (χ4v) is 0.626. The van der Waals surface area contributed by atoms with Crippen LogP contribution in [-0.4, -0.2) is 24.8 Å². The van der Waals surface area contributed by atoms with Crippen molar-refractivity contribution in [1.29, 1.82) is 0 Å². The zero-order valence-corrected chi connectivity index (χ0v) is 5.73. The lowest BCUT2D eigenvalue weighted by Crippen LogP contribution is -2.23. The van der Waals surface area contributed by atoms with Crippen LogP contribution in [0.4, 0.5) is 4.39 Å². The largest absolute Gasteiger partial charge is 0.265 e. The van der Waals surface area contributed by atoms with Crippen LogP contribution in [0.5, 0.6) is 0 Å². The molecule has 0 aromatic heterocycles. The highest BCUT2D eigenvalue weighted by atomic mass is 19.1. The minimum absolute atomic E-state index is 0.421. The van der Waals surface area contributed by atoms with Gasteiger partial charge in [0.05, 0.1) is 6.54 Å². The van der Waals surface area contributed by atoms with E-state index in [9.17, 15) is 4.39 Å². The van der Waals surface area contributed by atoms with Crippen LogP contribution < -0.4 is 0 Å². The topological polar surface area (TPSA) is 3.24 Å². The van der Waals surface area contributed by atoms with E-state index in [1.807, 2.05) is 6.92 Å². The number of hydrogen-bond acceptors (Lipinski definition) is 1. The van der Waals surface area contributed by atoms with Crippen molar-refractivity contribution in [2.75, 3.05) is 19.9 Å². The number of hydrogen-bond donors (Lipinski definition) is 0. The highest BCUT2D eigenvalue weighted by molar-refractivity contribution is 4.87. The van der Waals surface area contributed by atoms with Gasteiger partial charge in [-0.1, -0.05) is 12.8 Å². The van der Waals surface area contributed by atoms with Crippen LogP contribution in [0.1, 0.15) is 13.3 Å². The normalized spacial score (nSPS) is 9.56. The lowest BCUT2D eigenvalue weighted by Gasteiger charge is -2.12. The molecule has 0 N–H and O–H groups in total. The molecule has 1 nitrogen and oxygen atoms in total. The molecule has 0 aliphatic carbocycles. The van der Waals surface area contributed by atoms with Crippen LogP contribution in [0.15, 0.2) is 0 Å². The first-order valence-electron chi connectivity index (χ1n) is 3.07. The highest BCUT2D eigenvalue weighted by Gasteiger charge is 1.97. The number of terminal acetylenes is 1. The summed E-state index contributed by atoms with van der Waals surface area (Å²) in [5.74, 6) is 2.39. The lowest BCUT2D eigenvalue weighted by atomic mass is 10.4. The van der Waals surface area contributed by atoms with E-state index in [1.165, 1.54) is 0 Å². The molecular weight excluding hydrogens is 117 g/mol. The molecule has 0 bridgehead atoms. The second kappa shape index (κ2) is 5.58. The van der Waals surface area contributed by atoms with Gasteiger partial charge in [-0.25, -0.2) is 4.39 Å². The minimum Gasteiger partial charge on any atom is -0.265 e. The van der Waals surface area contributed by atoms with E-state index in [4.69, 9.17) is 6.42 Å². The van der Waals surface area contributed by atoms with Crippen molar-refractivity contribution in [2.45, 2.75) is 13.3 Å². The van der Waals surface area contributed by atoms with Gasteiger partial charge < -0.3 is 0 Å². The predicted octanol–water partition coefficient (Wildman–Crippen LogP) is 1.26. The Morgan fingerprint density at radius 1 is 1.67 bits per heavy atom. The summed E-state index contributed by atoms with van der Waals surface area (Å²) in [7, 11) is 0. The summed E-state index contributed by atoms with van der Waals surface area (Å²) in [6.45, 7) is 2.74. The Morgan fingerprint density at radius 2 is 2.33 bits per heavy atom. The lowest BCUT2D eigenvalue weighted by molar-refractivity contribution is 0.207. The maximum absolute atomic E-state index is 11.9. The molecule has 0 atom stereocenters. The maximum Gasteiger partial charge on any atom is 0.143 e. The van der Waals surface area contributed by atoms with Gasteiger partial charge in [-0.3, -0.25) is 4.90 Å². The Bertz CT molecular complexity index is 95.6. The molecule has 0 saturated carbocycles. The minimum atomic E-state index is -0.433. The van der Waals surface area contributed by atoms with Crippen molar-refractivity contribution in [2.24, 2.45) is 0 Å². The summed E-state index contributed by atoms with van der Waals surface area (Å²) in [6, 6.07) is 0. The van der Waals surface area contributed by atoms with Crippen LogP contribution in [-0.2, 0) is 0 Å². The van der Waals surface area contributed by atoms with Gasteiger partial charge in [-0.2, -0.15) is 0 Å². The van der Waals surface area contributed by atoms with Crippen molar-refractivity contribution < 1.29 is 4.39 Å². The molecule has 0 aliphatic rings. The van der Waals surface area contributed by atoms with E-state index in [2.05, 4.69) is 5.92 Å². The van der Waals surface area contributed by atoms with Gasteiger partial charge in [-0.15, -0.1) is 6.42 Å². The van der Waals surface area contributed by atoms with E-state index in [1.54, 1.807) is 4.90 Å². The summed E-state index contributed by atoms with van der Waals surface area (Å²) >= 11 is 0. The molecule has 0 radical (unpaired) electrons. The Labute approximate surface area is 55.9 Å². The summed E-state index contributed by atoms with van der Waals surface area (Å²) in [4.78, 5) is 1.58. The Balaban J connectivity index is 3.32. The number of halogens is 1. The van der Waals surface area contributed by atoms with Crippen LogP contribution in [0.3, 0.4) is 0 Å². The molecule has 0 heterocycles. The van der Waals surface area contributed by atoms with Gasteiger partial charge >= 0.3 is 0 Å². The fourth-order valence-electron chi connectivity index (χ4n) is 0.626. The maximum atomic E-state index is 11.9. The second-order valence-corrected chi connectivity index (χ2v) is 1.88. The molecular formula is C7H12FN. The van der Waals surface area contributed by atoms with Crippen molar-refractivity contribution in [1.82, 2.24) is 4.90 Å². The van der Waals surface area contributed by atoms with Gasteiger partial charge in [0.15, 0.2) is 0 Å². The molecule has 9 heavy (non-hydrogen) atoms. The molecule has 0 unspecified atom stereocenters. The Kier molecular flexibility index (Phi) is 5.24. The molecule has 0 aromatic carbocycles. The van der Waals surface area contributed by atoms with Crippen LogP contribution in [0, 0.1) is 12.3 Å². The zero-order chi connectivity index (χ0) is 7.11. The van der Waals surface area contributed by atoms with Gasteiger partial charge in [0.1, 0.15) is 6.80 Å². The van der Waals surface area contributed by atoms with Crippen molar-refractivity contribution in [3.05, 3.63) is 0 Å². The van der Waals surface area contributed by atoms with E-state index < -0.39 is 6.80 Å². The SMILES string of the molecule is C#CCN(CF)CCC. The molecule has 0 rings (SSSR count). The molecule has 0 aromatic rings. The summed E-state index contributed by atoms with van der Waals surface area (Å²) in [5, 5.41) is 0. The third kappa shape index (κ3) is 3.99. The Hall–Kier alpha value is -0.550. The molecule has 0 spiro atoms. The zero-order valence-electron chi connectivity index (χ0n) is 5.73. The molecule has 0 aliphatic heterocycles. The summed E-state index contributed by atoms with van der Waals surface area (Å²) in [6.07, 6.45) is 5.93. The second-order valence-electron chi connectivity index (χ2n) is 1.88. The van der Waals surface area contributed by atoms with E-state index >= 15 is 0 Å². The van der Waals surface area contributed by atoms with Crippen molar-refractivity contribution in [3.8, 4) is 12.3 Å². The summed E-state index contributed by atoms with van der Waals surface area (Å²) < 4.78 is 11.9. The van der Waals surface area contributed by atoms with Gasteiger partial charge in [-0.05, 0) is 6.42 Å². The molecule has 2 heteroatoms. The van der Waals surface area contributed by atoms with Crippen LogP contribution in [0.2, 0.25) is 0 Å². The standard InChI is InChI=1S/C7H12FN/c1-3-5-9(7-8)6-4-2/h1H,4-7H2,2H3. The van der Waals surface area contributed by atoms with Crippen LogP contribution >= 0.6 is 0 Å². The first-order chi connectivity index (χ1) is 4.35. The quantitative estimate of drug-likeness (QED) is 0.408. The van der Waals surface area contributed by atoms with Crippen molar-refractivity contribution >= 4 is 0 Å². The van der Waals surface area contributed by atoms with E-state index in [-0.39, 0.29) is 0 Å². The number of alkyl halides is 1. The third-order valence-electron chi connectivity index (χ3n) is 1.02. The van der Waals surface area contributed by atoms with Crippen LogP contribution in [0.25, 0.3) is 0 Å². The molecule has 0 fully saturated rings. The third-order valence-corrected chi connectivity index (χ3v) is 1.02. The monoisotopic (exact) mass is 129 g/mol. The molecule has 0 saturated heterocycles. The Morgan fingerprint density at radius 3 is 2.67 bits per heavy atom. The molecule has 0 amide bonds. The fraction of sp³-hybridized carbons (Fsp3) is 0.714. The first kappa shape index (κ1) is 8.45. The predicted molar refractivity (Wildman–Crippen MR) is 36.7 cm³/mol. The van der Waals surface area contributed by atoms with Gasteiger partial charge in [0, 0.05) is 6.54 Å². The van der Waals surface area contributed by atoms with Crippen molar-refractivity contribution in [3.63, 3.8) is 0 Å². The highest BCUT2D eigenvalue weighted by Crippen LogP contribution is 1.89. The first-order valence-corrected chi connectivity index (χ1v) is 3.07. The average Bonchev–Trinajstić information content (AvgIpc) is 1.88. The molecule has 52 valence electrons. The smallest absolute Gasteiger partial charge is 0.143 e. The average molecular weight is 129 g/mol. The number of rotatable bonds is 4. The number of nitrogens with zero attached hydrogens (tertiary/aromatic N) is 1. The van der Waals surface area contributed by atoms with Gasteiger partial charge in [0.25, 0.3) is 0 Å². The van der Waals surface area contributed by atoms with Gasteiger partial charge in [0.2, 0.25) is 0 Å². The van der Waals surface area contributed by atoms with E-state index in [0.29, 0.717) is 6.54 Å². The summed E-state index contributed by atoms with van der Waals surface area (Å²) in [5.41, 5.74) is 0. The van der Waals surface area contributed by atoms with E-state index in [0.717, 1.165) is 13.0 Å².